The zero-order valence-electron chi connectivity index (χ0n) is 11.6. The molecule has 0 aliphatic rings. The fraction of sp³-hybridized carbons (Fsp3) is 0.125. The molecule has 0 aromatic heterocycles. The van der Waals surface area contributed by atoms with Crippen LogP contribution in [0.5, 0.6) is 0 Å². The Morgan fingerprint density at radius 1 is 1.17 bits per heavy atom. The summed E-state index contributed by atoms with van der Waals surface area (Å²) in [5, 5.41) is 12.1. The molecule has 0 aliphatic carbocycles. The van der Waals surface area contributed by atoms with E-state index in [9.17, 15) is 17.6 Å². The average molecular weight is 322 g/mol. The largest absolute Gasteiger partial charge is 0.417 e. The molecular formula is C16H10F4N2O. The third kappa shape index (κ3) is 4.30. The van der Waals surface area contributed by atoms with Gasteiger partial charge in [0.15, 0.2) is 0 Å². The molecule has 0 amide bonds. The van der Waals surface area contributed by atoms with Gasteiger partial charge in [0.05, 0.1) is 23.4 Å². The third-order valence-electron chi connectivity index (χ3n) is 2.93. The molecule has 0 radical (unpaired) electrons. The lowest BCUT2D eigenvalue weighted by molar-refractivity contribution is -0.137. The van der Waals surface area contributed by atoms with Crippen molar-refractivity contribution < 1.29 is 22.4 Å². The molecule has 3 nitrogen and oxygen atoms in total. The van der Waals surface area contributed by atoms with E-state index in [2.05, 4.69) is 5.16 Å². The summed E-state index contributed by atoms with van der Waals surface area (Å²) in [4.78, 5) is 4.82. The zero-order valence-corrected chi connectivity index (χ0v) is 11.6. The van der Waals surface area contributed by atoms with E-state index in [1.807, 2.05) is 0 Å². The van der Waals surface area contributed by atoms with Gasteiger partial charge in [-0.15, -0.1) is 0 Å². The standard InChI is InChI=1S/C16H10F4N2O/c17-15-7-11(8-21)5-6-13(15)10-23-22-9-12-3-1-2-4-14(12)16(18,19)20/h1-7,9H,10H2. The van der Waals surface area contributed by atoms with Crippen molar-refractivity contribution in [2.45, 2.75) is 12.8 Å². The molecule has 0 unspecified atom stereocenters. The molecule has 118 valence electrons. The van der Waals surface area contributed by atoms with Crippen LogP contribution in [-0.4, -0.2) is 6.21 Å². The number of nitriles is 1. The van der Waals surface area contributed by atoms with E-state index in [0.717, 1.165) is 18.3 Å². The van der Waals surface area contributed by atoms with Gasteiger partial charge in [0.2, 0.25) is 0 Å². The molecule has 0 atom stereocenters. The maximum absolute atomic E-state index is 13.6. The van der Waals surface area contributed by atoms with Crippen molar-refractivity contribution in [2.24, 2.45) is 5.16 Å². The Kier molecular flexibility index (Phi) is 4.96. The van der Waals surface area contributed by atoms with E-state index in [1.54, 1.807) is 6.07 Å². The predicted octanol–water partition coefficient (Wildman–Crippen LogP) is 4.27. The number of halogens is 4. The van der Waals surface area contributed by atoms with Crippen LogP contribution in [-0.2, 0) is 17.6 Å². The van der Waals surface area contributed by atoms with E-state index in [4.69, 9.17) is 10.1 Å². The normalized spacial score (nSPS) is 11.4. The molecule has 0 heterocycles. The molecule has 0 saturated carbocycles. The minimum Gasteiger partial charge on any atom is -0.391 e. The molecule has 2 aromatic carbocycles. The lowest BCUT2D eigenvalue weighted by Gasteiger charge is -2.09. The Hall–Kier alpha value is -2.88. The second-order valence-electron chi connectivity index (χ2n) is 4.51. The Balaban J connectivity index is 2.05. The summed E-state index contributed by atoms with van der Waals surface area (Å²) in [6, 6.07) is 10.5. The van der Waals surface area contributed by atoms with Gasteiger partial charge in [-0.05, 0) is 18.2 Å². The molecule has 23 heavy (non-hydrogen) atoms. The number of oxime groups is 1. The summed E-state index contributed by atoms with van der Waals surface area (Å²) in [7, 11) is 0. The van der Waals surface area contributed by atoms with Gasteiger partial charge >= 0.3 is 6.18 Å². The third-order valence-corrected chi connectivity index (χ3v) is 2.93. The summed E-state index contributed by atoms with van der Waals surface area (Å²) >= 11 is 0. The lowest BCUT2D eigenvalue weighted by Crippen LogP contribution is -2.08. The molecule has 0 bridgehead atoms. The molecular weight excluding hydrogens is 312 g/mol. The van der Waals surface area contributed by atoms with Gasteiger partial charge in [0.25, 0.3) is 0 Å². The summed E-state index contributed by atoms with van der Waals surface area (Å²) in [5.74, 6) is -0.644. The molecule has 7 heteroatoms. The molecule has 0 N–H and O–H groups in total. The highest BCUT2D eigenvalue weighted by Gasteiger charge is 2.32. The van der Waals surface area contributed by atoms with Crippen molar-refractivity contribution in [3.63, 3.8) is 0 Å². The smallest absolute Gasteiger partial charge is 0.391 e. The molecule has 2 aromatic rings. The highest BCUT2D eigenvalue weighted by molar-refractivity contribution is 5.81. The molecule has 0 saturated heterocycles. The van der Waals surface area contributed by atoms with Gasteiger partial charge in [0.1, 0.15) is 12.4 Å². The first-order valence-electron chi connectivity index (χ1n) is 6.42. The number of rotatable bonds is 4. The summed E-state index contributed by atoms with van der Waals surface area (Å²) in [5.41, 5.74) is -0.684. The maximum atomic E-state index is 13.6. The van der Waals surface area contributed by atoms with Crippen molar-refractivity contribution >= 4 is 6.21 Å². The van der Waals surface area contributed by atoms with Crippen LogP contribution in [0.1, 0.15) is 22.3 Å². The fourth-order valence-corrected chi connectivity index (χ4v) is 1.80. The van der Waals surface area contributed by atoms with Gasteiger partial charge in [-0.3, -0.25) is 0 Å². The van der Waals surface area contributed by atoms with Crippen LogP contribution in [0.3, 0.4) is 0 Å². The maximum Gasteiger partial charge on any atom is 0.417 e. The summed E-state index contributed by atoms with van der Waals surface area (Å²) < 4.78 is 51.9. The van der Waals surface area contributed by atoms with Crippen molar-refractivity contribution in [2.75, 3.05) is 0 Å². The highest BCUT2D eigenvalue weighted by Crippen LogP contribution is 2.31. The molecule has 0 aliphatic heterocycles. The number of alkyl halides is 3. The Bertz CT molecular complexity index is 763. The molecule has 2 rings (SSSR count). The lowest BCUT2D eigenvalue weighted by atomic mass is 10.1. The number of benzene rings is 2. The summed E-state index contributed by atoms with van der Waals surface area (Å²) in [6.45, 7) is -0.262. The number of hydrogen-bond acceptors (Lipinski definition) is 3. The van der Waals surface area contributed by atoms with Crippen molar-refractivity contribution in [3.8, 4) is 6.07 Å². The van der Waals surface area contributed by atoms with Crippen LogP contribution in [0, 0.1) is 17.1 Å². The molecule has 0 fully saturated rings. The van der Waals surface area contributed by atoms with Crippen LogP contribution < -0.4 is 0 Å². The van der Waals surface area contributed by atoms with Crippen LogP contribution in [0.4, 0.5) is 17.6 Å². The zero-order chi connectivity index (χ0) is 16.9. The fourth-order valence-electron chi connectivity index (χ4n) is 1.80. The first kappa shape index (κ1) is 16.5. The molecule has 0 spiro atoms. The Morgan fingerprint density at radius 2 is 1.91 bits per heavy atom. The van der Waals surface area contributed by atoms with Crippen molar-refractivity contribution in [1.29, 1.82) is 5.26 Å². The van der Waals surface area contributed by atoms with E-state index in [-0.39, 0.29) is 23.3 Å². The number of hydrogen-bond donors (Lipinski definition) is 0. The second-order valence-corrected chi connectivity index (χ2v) is 4.51. The van der Waals surface area contributed by atoms with Crippen LogP contribution in [0.25, 0.3) is 0 Å². The van der Waals surface area contributed by atoms with Crippen molar-refractivity contribution in [1.82, 2.24) is 0 Å². The van der Waals surface area contributed by atoms with Gasteiger partial charge in [0, 0.05) is 11.1 Å². The van der Waals surface area contributed by atoms with E-state index >= 15 is 0 Å². The first-order chi connectivity index (χ1) is 10.9. The SMILES string of the molecule is N#Cc1ccc(CON=Cc2ccccc2C(F)(F)F)c(F)c1. The second kappa shape index (κ2) is 6.92. The van der Waals surface area contributed by atoms with Crippen LogP contribution in [0.15, 0.2) is 47.6 Å². The monoisotopic (exact) mass is 322 g/mol. The van der Waals surface area contributed by atoms with E-state index in [0.29, 0.717) is 0 Å². The minimum atomic E-state index is -4.50. The minimum absolute atomic E-state index is 0.144. The van der Waals surface area contributed by atoms with Gasteiger partial charge in [-0.2, -0.15) is 18.4 Å². The first-order valence-corrected chi connectivity index (χ1v) is 6.42. The van der Waals surface area contributed by atoms with E-state index < -0.39 is 17.6 Å². The van der Waals surface area contributed by atoms with Crippen molar-refractivity contribution in [3.05, 3.63) is 70.5 Å². The Morgan fingerprint density at radius 3 is 2.57 bits per heavy atom. The number of nitrogens with zero attached hydrogens (tertiary/aromatic N) is 2. The predicted molar refractivity (Wildman–Crippen MR) is 74.9 cm³/mol. The topological polar surface area (TPSA) is 45.4 Å². The highest BCUT2D eigenvalue weighted by atomic mass is 19.4. The Labute approximate surface area is 129 Å². The van der Waals surface area contributed by atoms with Gasteiger partial charge < -0.3 is 4.84 Å². The van der Waals surface area contributed by atoms with Gasteiger partial charge in [-0.25, -0.2) is 4.39 Å². The summed E-state index contributed by atoms with van der Waals surface area (Å²) in [6.07, 6.45) is -3.58. The van der Waals surface area contributed by atoms with Gasteiger partial charge in [-0.1, -0.05) is 29.4 Å². The van der Waals surface area contributed by atoms with E-state index in [1.165, 1.54) is 30.3 Å². The van der Waals surface area contributed by atoms with Crippen LogP contribution >= 0.6 is 0 Å². The average Bonchev–Trinajstić information content (AvgIpc) is 2.52. The quantitative estimate of drug-likeness (QED) is 0.479. The van der Waals surface area contributed by atoms with Crippen LogP contribution in [0.2, 0.25) is 0 Å².